The lowest BCUT2D eigenvalue weighted by atomic mass is 10.2. The molecule has 5 nitrogen and oxygen atoms in total. The van der Waals surface area contributed by atoms with Crippen LogP contribution in [0.2, 0.25) is 0 Å². The van der Waals surface area contributed by atoms with Gasteiger partial charge in [-0.2, -0.15) is 5.10 Å². The molecule has 0 aromatic heterocycles. The lowest BCUT2D eigenvalue weighted by Crippen LogP contribution is -2.03. The molecule has 1 rings (SSSR count). The van der Waals surface area contributed by atoms with Gasteiger partial charge in [0, 0.05) is 0 Å². The van der Waals surface area contributed by atoms with Crippen LogP contribution in [-0.2, 0) is 0 Å². The predicted octanol–water partition coefficient (Wildman–Crippen LogP) is 2.57. The quantitative estimate of drug-likeness (QED) is 0.504. The van der Waals surface area contributed by atoms with Crippen molar-refractivity contribution in [3.8, 4) is 11.5 Å². The monoisotopic (exact) mass is 331 g/mol. The van der Waals surface area contributed by atoms with Crippen molar-refractivity contribution in [2.45, 2.75) is 6.92 Å². The number of hydrogen-bond acceptors (Lipinski definition) is 5. The fourth-order valence-electron chi connectivity index (χ4n) is 1.13. The van der Waals surface area contributed by atoms with E-state index >= 15 is 0 Å². The summed E-state index contributed by atoms with van der Waals surface area (Å²) in [6, 6.07) is 3.39. The maximum Gasteiger partial charge on any atom is 0.180 e. The Labute approximate surface area is 118 Å². The molecule has 98 valence electrons. The summed E-state index contributed by atoms with van der Waals surface area (Å²) in [5.41, 5.74) is 6.24. The summed E-state index contributed by atoms with van der Waals surface area (Å²) in [4.78, 5) is 0. The average molecular weight is 332 g/mol. The SMILES string of the molecule is CCOc1cc(/C=N\N=C(/N)SC)cc(Br)c1O. The van der Waals surface area contributed by atoms with Gasteiger partial charge < -0.3 is 15.6 Å². The molecule has 0 atom stereocenters. The number of hydrogen-bond donors (Lipinski definition) is 2. The average Bonchev–Trinajstić information content (AvgIpc) is 2.35. The second-order valence-corrected chi connectivity index (χ2v) is 4.85. The Hall–Kier alpha value is -1.21. The zero-order valence-corrected chi connectivity index (χ0v) is 12.5. The first-order valence-corrected chi connectivity index (χ1v) is 7.16. The van der Waals surface area contributed by atoms with Crippen molar-refractivity contribution in [1.29, 1.82) is 0 Å². The van der Waals surface area contributed by atoms with Gasteiger partial charge in [-0.15, -0.1) is 5.10 Å². The molecule has 1 aromatic carbocycles. The molecule has 0 radical (unpaired) electrons. The van der Waals surface area contributed by atoms with E-state index in [1.54, 1.807) is 12.1 Å². The lowest BCUT2D eigenvalue weighted by Gasteiger charge is -2.08. The minimum absolute atomic E-state index is 0.0705. The van der Waals surface area contributed by atoms with Crippen molar-refractivity contribution in [3.05, 3.63) is 22.2 Å². The van der Waals surface area contributed by atoms with Crippen LogP contribution < -0.4 is 10.5 Å². The number of rotatable bonds is 4. The van der Waals surface area contributed by atoms with Gasteiger partial charge in [-0.1, -0.05) is 11.8 Å². The Morgan fingerprint density at radius 1 is 1.61 bits per heavy atom. The van der Waals surface area contributed by atoms with Crippen LogP contribution in [0, 0.1) is 0 Å². The Kier molecular flexibility index (Phi) is 6.00. The highest BCUT2D eigenvalue weighted by atomic mass is 79.9. The molecule has 0 unspecified atom stereocenters. The molecule has 0 bridgehead atoms. The minimum atomic E-state index is 0.0705. The molecule has 3 N–H and O–H groups in total. The predicted molar refractivity (Wildman–Crippen MR) is 79.7 cm³/mol. The number of aromatic hydroxyl groups is 1. The van der Waals surface area contributed by atoms with Crippen LogP contribution in [-0.4, -0.2) is 29.4 Å². The molecule has 7 heteroatoms. The van der Waals surface area contributed by atoms with E-state index in [1.165, 1.54) is 18.0 Å². The van der Waals surface area contributed by atoms with Crippen LogP contribution in [0.1, 0.15) is 12.5 Å². The lowest BCUT2D eigenvalue weighted by molar-refractivity contribution is 0.317. The molecule has 0 aliphatic carbocycles. The first kappa shape index (κ1) is 14.8. The van der Waals surface area contributed by atoms with Gasteiger partial charge in [0.15, 0.2) is 16.7 Å². The number of benzene rings is 1. The zero-order chi connectivity index (χ0) is 13.5. The van der Waals surface area contributed by atoms with Crippen molar-refractivity contribution in [3.63, 3.8) is 0 Å². The normalized spacial score (nSPS) is 12.1. The molecular formula is C11H14BrN3O2S. The summed E-state index contributed by atoms with van der Waals surface area (Å²) in [7, 11) is 0. The molecule has 0 amide bonds. The van der Waals surface area contributed by atoms with Gasteiger partial charge >= 0.3 is 0 Å². The third-order valence-electron chi connectivity index (χ3n) is 1.92. The number of thioether (sulfide) groups is 1. The van der Waals surface area contributed by atoms with E-state index < -0.39 is 0 Å². The summed E-state index contributed by atoms with van der Waals surface area (Å²) in [6.45, 7) is 2.32. The Bertz CT molecular complexity index is 478. The van der Waals surface area contributed by atoms with E-state index in [2.05, 4.69) is 26.1 Å². The minimum Gasteiger partial charge on any atom is -0.503 e. The second kappa shape index (κ2) is 7.27. The fourth-order valence-corrected chi connectivity index (χ4v) is 1.72. The molecule has 0 heterocycles. The van der Waals surface area contributed by atoms with Gasteiger partial charge in [0.2, 0.25) is 0 Å². The summed E-state index contributed by atoms with van der Waals surface area (Å²) < 4.78 is 5.84. The highest BCUT2D eigenvalue weighted by Crippen LogP contribution is 2.35. The smallest absolute Gasteiger partial charge is 0.180 e. The number of amidine groups is 1. The number of ether oxygens (including phenoxy) is 1. The molecule has 0 saturated heterocycles. The van der Waals surface area contributed by atoms with Crippen LogP contribution >= 0.6 is 27.7 Å². The van der Waals surface area contributed by atoms with Crippen LogP contribution in [0.5, 0.6) is 11.5 Å². The van der Waals surface area contributed by atoms with Crippen LogP contribution in [0.4, 0.5) is 0 Å². The third kappa shape index (κ3) is 4.23. The summed E-state index contributed by atoms with van der Waals surface area (Å²) in [6.07, 6.45) is 3.36. The van der Waals surface area contributed by atoms with Crippen LogP contribution in [0.25, 0.3) is 0 Å². The summed E-state index contributed by atoms with van der Waals surface area (Å²) in [5.74, 6) is 0.469. The van der Waals surface area contributed by atoms with Gasteiger partial charge in [-0.3, -0.25) is 0 Å². The topological polar surface area (TPSA) is 80.2 Å². The molecule has 0 spiro atoms. The van der Waals surface area contributed by atoms with Crippen LogP contribution in [0.15, 0.2) is 26.8 Å². The molecule has 18 heavy (non-hydrogen) atoms. The molecular weight excluding hydrogens is 318 g/mol. The number of nitrogens with two attached hydrogens (primary N) is 1. The summed E-state index contributed by atoms with van der Waals surface area (Å²) >= 11 is 4.56. The second-order valence-electron chi connectivity index (χ2n) is 3.17. The zero-order valence-electron chi connectivity index (χ0n) is 10.1. The maximum atomic E-state index is 9.74. The largest absolute Gasteiger partial charge is 0.503 e. The van der Waals surface area contributed by atoms with E-state index in [0.29, 0.717) is 22.0 Å². The number of nitrogens with zero attached hydrogens (tertiary/aromatic N) is 2. The van der Waals surface area contributed by atoms with E-state index in [9.17, 15) is 5.11 Å². The summed E-state index contributed by atoms with van der Waals surface area (Å²) in [5, 5.41) is 17.7. The Balaban J connectivity index is 2.97. The van der Waals surface area contributed by atoms with E-state index in [4.69, 9.17) is 10.5 Å². The van der Waals surface area contributed by atoms with E-state index in [0.717, 1.165) is 5.56 Å². The molecule has 0 aliphatic rings. The highest BCUT2D eigenvalue weighted by Gasteiger charge is 2.08. The van der Waals surface area contributed by atoms with Gasteiger partial charge in [-0.25, -0.2) is 0 Å². The van der Waals surface area contributed by atoms with Crippen molar-refractivity contribution < 1.29 is 9.84 Å². The van der Waals surface area contributed by atoms with Gasteiger partial charge in [0.25, 0.3) is 0 Å². The molecule has 1 aromatic rings. The Morgan fingerprint density at radius 2 is 2.33 bits per heavy atom. The van der Waals surface area contributed by atoms with Gasteiger partial charge in [0.1, 0.15) is 0 Å². The number of halogens is 1. The number of phenolic OH excluding ortho intramolecular Hbond substituents is 1. The first-order chi connectivity index (χ1) is 8.58. The van der Waals surface area contributed by atoms with Crippen molar-refractivity contribution in [1.82, 2.24) is 0 Å². The van der Waals surface area contributed by atoms with Crippen molar-refractivity contribution in [2.24, 2.45) is 15.9 Å². The van der Waals surface area contributed by atoms with E-state index in [-0.39, 0.29) is 5.75 Å². The Morgan fingerprint density at radius 3 is 2.94 bits per heavy atom. The third-order valence-corrected chi connectivity index (χ3v) is 3.03. The van der Waals surface area contributed by atoms with Crippen LogP contribution in [0.3, 0.4) is 0 Å². The highest BCUT2D eigenvalue weighted by molar-refractivity contribution is 9.10. The molecule has 0 saturated carbocycles. The first-order valence-electron chi connectivity index (χ1n) is 5.14. The number of phenols is 1. The van der Waals surface area contributed by atoms with E-state index in [1.807, 2.05) is 13.2 Å². The maximum absolute atomic E-state index is 9.74. The molecule has 0 fully saturated rings. The standard InChI is InChI=1S/C11H14BrN3O2S/c1-3-17-9-5-7(4-8(12)10(9)16)6-14-15-11(13)18-2/h4-6,16H,3H2,1-2H3,(H2,13,15)/b14-6-. The molecule has 0 aliphatic heterocycles. The van der Waals surface area contributed by atoms with Gasteiger partial charge in [-0.05, 0) is 46.8 Å². The van der Waals surface area contributed by atoms with Crippen molar-refractivity contribution >= 4 is 39.1 Å². The van der Waals surface area contributed by atoms with Gasteiger partial charge in [0.05, 0.1) is 17.3 Å². The van der Waals surface area contributed by atoms with Crippen molar-refractivity contribution in [2.75, 3.05) is 12.9 Å². The fraction of sp³-hybridized carbons (Fsp3) is 0.273.